The van der Waals surface area contributed by atoms with E-state index in [4.69, 9.17) is 4.74 Å². The summed E-state index contributed by atoms with van der Waals surface area (Å²) < 4.78 is 17.8. The molecule has 28 heavy (non-hydrogen) atoms. The van der Waals surface area contributed by atoms with Gasteiger partial charge in [0.2, 0.25) is 0 Å². The average Bonchev–Trinajstić information content (AvgIpc) is 2.74. The molecule has 0 aliphatic heterocycles. The maximum absolute atomic E-state index is 13.0. The summed E-state index contributed by atoms with van der Waals surface area (Å²) in [5.74, 6) is -1.15. The number of rotatable bonds is 6. The van der Waals surface area contributed by atoms with Crippen LogP contribution in [-0.2, 0) is 9.53 Å². The Bertz CT molecular complexity index is 945. The molecule has 0 bridgehead atoms. The summed E-state index contributed by atoms with van der Waals surface area (Å²) in [5, 5.41) is 2.81. The smallest absolute Gasteiger partial charge is 0.307 e. The predicted molar refractivity (Wildman–Crippen MR) is 101 cm³/mol. The number of nitrogens with one attached hydrogen (secondary N) is 1. The summed E-state index contributed by atoms with van der Waals surface area (Å²) in [4.78, 5) is 32.6. The van der Waals surface area contributed by atoms with Crippen molar-refractivity contribution in [1.29, 1.82) is 0 Å². The van der Waals surface area contributed by atoms with Crippen LogP contribution in [0.15, 0.2) is 67.1 Å². The first-order valence-electron chi connectivity index (χ1n) is 8.56. The molecule has 3 aromatic rings. The van der Waals surface area contributed by atoms with Crippen molar-refractivity contribution in [3.8, 4) is 11.3 Å². The van der Waals surface area contributed by atoms with Crippen molar-refractivity contribution in [2.24, 2.45) is 0 Å². The molecule has 0 saturated heterocycles. The molecule has 1 N–H and O–H groups in total. The summed E-state index contributed by atoms with van der Waals surface area (Å²) in [6.45, 7) is 0. The molecule has 6 nitrogen and oxygen atoms in total. The molecule has 3 rings (SSSR count). The molecule has 0 fully saturated rings. The highest BCUT2D eigenvalue weighted by atomic mass is 19.1. The zero-order valence-electron chi connectivity index (χ0n) is 15.1. The number of pyridine rings is 2. The third-order valence-electron chi connectivity index (χ3n) is 4.16. The molecule has 142 valence electrons. The lowest BCUT2D eigenvalue weighted by atomic mass is 10.1. The summed E-state index contributed by atoms with van der Waals surface area (Å²) in [6, 6.07) is 12.2. The van der Waals surface area contributed by atoms with Crippen LogP contribution in [0.5, 0.6) is 0 Å². The minimum Gasteiger partial charge on any atom is -0.469 e. The summed E-state index contributed by atoms with van der Waals surface area (Å²) >= 11 is 0. The zero-order chi connectivity index (χ0) is 19.9. The summed E-state index contributed by atoms with van der Waals surface area (Å²) in [6.07, 6.45) is 4.61. The van der Waals surface area contributed by atoms with Gasteiger partial charge in [0.25, 0.3) is 5.91 Å². The van der Waals surface area contributed by atoms with E-state index in [2.05, 4.69) is 15.3 Å². The van der Waals surface area contributed by atoms with Gasteiger partial charge in [-0.3, -0.25) is 19.6 Å². The molecule has 0 spiro atoms. The number of ether oxygens (including phenoxy) is 1. The van der Waals surface area contributed by atoms with Crippen LogP contribution < -0.4 is 5.32 Å². The lowest BCUT2D eigenvalue weighted by Gasteiger charge is -2.18. The van der Waals surface area contributed by atoms with Gasteiger partial charge in [-0.05, 0) is 48.0 Å². The SMILES string of the molecule is COC(=O)CC(NC(=O)c1ccc(-c2ccc(F)cc2)nc1)c1cccnc1. The second-order valence-electron chi connectivity index (χ2n) is 6.03. The van der Waals surface area contributed by atoms with Gasteiger partial charge in [0.05, 0.1) is 30.8 Å². The van der Waals surface area contributed by atoms with Crippen LogP contribution in [0.4, 0.5) is 4.39 Å². The molecule has 0 aliphatic rings. The quantitative estimate of drug-likeness (QED) is 0.665. The molecular weight excluding hydrogens is 361 g/mol. The molecule has 7 heteroatoms. The molecule has 0 radical (unpaired) electrons. The van der Waals surface area contributed by atoms with Crippen molar-refractivity contribution in [2.45, 2.75) is 12.5 Å². The number of nitrogens with zero attached hydrogens (tertiary/aromatic N) is 2. The monoisotopic (exact) mass is 379 g/mol. The van der Waals surface area contributed by atoms with Crippen molar-refractivity contribution < 1.29 is 18.7 Å². The van der Waals surface area contributed by atoms with Crippen molar-refractivity contribution in [2.75, 3.05) is 7.11 Å². The Morgan fingerprint density at radius 1 is 1.11 bits per heavy atom. The zero-order valence-corrected chi connectivity index (χ0v) is 15.1. The number of esters is 1. The Morgan fingerprint density at radius 3 is 2.50 bits per heavy atom. The lowest BCUT2D eigenvalue weighted by Crippen LogP contribution is -2.30. The van der Waals surface area contributed by atoms with E-state index in [1.165, 1.54) is 25.4 Å². The molecular formula is C21H18FN3O3. The first kappa shape index (κ1) is 19.2. The first-order chi connectivity index (χ1) is 13.6. The fourth-order valence-corrected chi connectivity index (χ4v) is 2.65. The van der Waals surface area contributed by atoms with Crippen molar-refractivity contribution in [3.63, 3.8) is 0 Å². The second-order valence-corrected chi connectivity index (χ2v) is 6.03. The topological polar surface area (TPSA) is 81.2 Å². The Labute approximate surface area is 161 Å². The number of hydrogen-bond acceptors (Lipinski definition) is 5. The van der Waals surface area contributed by atoms with E-state index in [9.17, 15) is 14.0 Å². The van der Waals surface area contributed by atoms with Crippen molar-refractivity contribution in [1.82, 2.24) is 15.3 Å². The highest BCUT2D eigenvalue weighted by molar-refractivity contribution is 5.94. The van der Waals surface area contributed by atoms with E-state index in [0.717, 1.165) is 5.56 Å². The summed E-state index contributed by atoms with van der Waals surface area (Å²) in [7, 11) is 1.29. The van der Waals surface area contributed by atoms with E-state index in [1.54, 1.807) is 48.8 Å². The minimum atomic E-state index is -0.578. The highest BCUT2D eigenvalue weighted by Crippen LogP contribution is 2.19. The van der Waals surface area contributed by atoms with Crippen LogP contribution in [-0.4, -0.2) is 29.0 Å². The summed E-state index contributed by atoms with van der Waals surface area (Å²) in [5.41, 5.74) is 2.39. The Kier molecular flexibility index (Phi) is 6.06. The normalized spacial score (nSPS) is 11.5. The molecule has 1 unspecified atom stereocenters. The number of benzene rings is 1. The second kappa shape index (κ2) is 8.85. The minimum absolute atomic E-state index is 0.0188. The van der Waals surface area contributed by atoms with Gasteiger partial charge in [0.15, 0.2) is 0 Å². The molecule has 1 atom stereocenters. The van der Waals surface area contributed by atoms with Crippen LogP contribution in [0.1, 0.15) is 28.4 Å². The number of halogens is 1. The molecule has 2 aromatic heterocycles. The maximum atomic E-state index is 13.0. The molecule has 1 amide bonds. The Balaban J connectivity index is 1.76. The number of amides is 1. The number of hydrogen-bond donors (Lipinski definition) is 1. The van der Waals surface area contributed by atoms with E-state index in [0.29, 0.717) is 16.8 Å². The van der Waals surface area contributed by atoms with E-state index in [1.807, 2.05) is 0 Å². The fourth-order valence-electron chi connectivity index (χ4n) is 2.65. The van der Waals surface area contributed by atoms with Crippen LogP contribution in [0.2, 0.25) is 0 Å². The third-order valence-corrected chi connectivity index (χ3v) is 4.16. The van der Waals surface area contributed by atoms with Gasteiger partial charge in [-0.25, -0.2) is 4.39 Å². The van der Waals surface area contributed by atoms with Gasteiger partial charge in [0.1, 0.15) is 5.82 Å². The fraction of sp³-hybridized carbons (Fsp3) is 0.143. The van der Waals surface area contributed by atoms with Crippen LogP contribution >= 0.6 is 0 Å². The molecule has 2 heterocycles. The van der Waals surface area contributed by atoms with Gasteiger partial charge in [-0.2, -0.15) is 0 Å². The number of methoxy groups -OCH3 is 1. The van der Waals surface area contributed by atoms with Crippen LogP contribution in [0, 0.1) is 5.82 Å². The van der Waals surface area contributed by atoms with E-state index in [-0.39, 0.29) is 18.1 Å². The number of carbonyl (C=O) groups is 2. The van der Waals surface area contributed by atoms with Gasteiger partial charge >= 0.3 is 5.97 Å². The standard InChI is InChI=1S/C21H18FN3O3/c1-28-20(26)11-19(15-3-2-10-23-12-15)25-21(27)16-6-9-18(24-13-16)14-4-7-17(22)8-5-14/h2-10,12-13,19H,11H2,1H3,(H,25,27). The van der Waals surface area contributed by atoms with Gasteiger partial charge in [-0.15, -0.1) is 0 Å². The van der Waals surface area contributed by atoms with Crippen LogP contribution in [0.3, 0.4) is 0 Å². The van der Waals surface area contributed by atoms with E-state index >= 15 is 0 Å². The first-order valence-corrected chi connectivity index (χ1v) is 8.56. The number of aromatic nitrogens is 2. The van der Waals surface area contributed by atoms with Crippen molar-refractivity contribution >= 4 is 11.9 Å². The third kappa shape index (κ3) is 4.76. The largest absolute Gasteiger partial charge is 0.469 e. The average molecular weight is 379 g/mol. The molecule has 0 aliphatic carbocycles. The predicted octanol–water partition coefficient (Wildman–Crippen LogP) is 3.32. The maximum Gasteiger partial charge on any atom is 0.307 e. The van der Waals surface area contributed by atoms with E-state index < -0.39 is 12.0 Å². The lowest BCUT2D eigenvalue weighted by molar-refractivity contribution is -0.141. The molecule has 0 saturated carbocycles. The Hall–Kier alpha value is -3.61. The van der Waals surface area contributed by atoms with Gasteiger partial charge in [0, 0.05) is 24.2 Å². The number of carbonyl (C=O) groups excluding carboxylic acids is 2. The van der Waals surface area contributed by atoms with Gasteiger partial charge < -0.3 is 10.1 Å². The molecule has 1 aromatic carbocycles. The van der Waals surface area contributed by atoms with Gasteiger partial charge in [-0.1, -0.05) is 6.07 Å². The van der Waals surface area contributed by atoms with Crippen LogP contribution in [0.25, 0.3) is 11.3 Å². The Morgan fingerprint density at radius 2 is 1.89 bits per heavy atom. The highest BCUT2D eigenvalue weighted by Gasteiger charge is 2.20. The van der Waals surface area contributed by atoms with Crippen molar-refractivity contribution in [3.05, 3.63) is 84.1 Å².